The summed E-state index contributed by atoms with van der Waals surface area (Å²) >= 11 is 13.3. The van der Waals surface area contributed by atoms with Gasteiger partial charge in [0.15, 0.2) is 0 Å². The molecule has 0 aliphatic carbocycles. The Balaban J connectivity index is 1.79. The number of carbonyl (C=O) groups is 2. The van der Waals surface area contributed by atoms with Gasteiger partial charge in [0.25, 0.3) is 0 Å². The highest BCUT2D eigenvalue weighted by molar-refractivity contribution is 8.03. The molecular weight excluding hydrogens is 457 g/mol. The Morgan fingerprint density at radius 2 is 2.10 bits per heavy atom. The van der Waals surface area contributed by atoms with Crippen molar-refractivity contribution < 1.29 is 14.3 Å². The minimum atomic E-state index is -0.456. The molecule has 0 saturated carbocycles. The van der Waals surface area contributed by atoms with Crippen LogP contribution < -0.4 is 15.4 Å². The van der Waals surface area contributed by atoms with E-state index in [2.05, 4.69) is 16.7 Å². The van der Waals surface area contributed by atoms with Crippen molar-refractivity contribution in [2.75, 3.05) is 18.2 Å². The number of ether oxygens (including phenoxy) is 1. The molecule has 1 atom stereocenters. The van der Waals surface area contributed by atoms with Crippen LogP contribution in [0, 0.1) is 18.3 Å². The highest BCUT2D eigenvalue weighted by atomic mass is 35.5. The third kappa shape index (κ3) is 5.53. The van der Waals surface area contributed by atoms with E-state index in [1.165, 1.54) is 7.11 Å². The van der Waals surface area contributed by atoms with Crippen molar-refractivity contribution in [1.29, 1.82) is 5.26 Å². The van der Waals surface area contributed by atoms with Crippen LogP contribution in [0.5, 0.6) is 5.75 Å². The zero-order valence-corrected chi connectivity index (χ0v) is 19.1. The molecule has 1 aliphatic heterocycles. The fourth-order valence-electron chi connectivity index (χ4n) is 3.17. The monoisotopic (exact) mass is 475 g/mol. The highest BCUT2D eigenvalue weighted by Gasteiger charge is 2.30. The van der Waals surface area contributed by atoms with Crippen molar-refractivity contribution in [1.82, 2.24) is 5.32 Å². The molecule has 0 spiro atoms. The van der Waals surface area contributed by atoms with Gasteiger partial charge in [-0.1, -0.05) is 47.1 Å². The number of rotatable bonds is 6. The maximum atomic E-state index is 12.4. The van der Waals surface area contributed by atoms with E-state index in [1.807, 2.05) is 13.0 Å². The van der Waals surface area contributed by atoms with Gasteiger partial charge in [0.1, 0.15) is 5.75 Å². The summed E-state index contributed by atoms with van der Waals surface area (Å²) in [4.78, 5) is 24.7. The van der Waals surface area contributed by atoms with Crippen LogP contribution in [0.4, 0.5) is 5.69 Å². The summed E-state index contributed by atoms with van der Waals surface area (Å²) in [6.45, 7) is 1.86. The zero-order valence-electron chi connectivity index (χ0n) is 16.8. The average molecular weight is 476 g/mol. The first kappa shape index (κ1) is 23.0. The quantitative estimate of drug-likeness (QED) is 0.611. The Kier molecular flexibility index (Phi) is 7.50. The Morgan fingerprint density at radius 1 is 1.32 bits per heavy atom. The Bertz CT molecular complexity index is 1110. The second kappa shape index (κ2) is 10.1. The van der Waals surface area contributed by atoms with Gasteiger partial charge in [-0.05, 0) is 42.3 Å². The molecule has 0 bridgehead atoms. The van der Waals surface area contributed by atoms with Crippen LogP contribution in [0.15, 0.2) is 47.0 Å². The highest BCUT2D eigenvalue weighted by Crippen LogP contribution is 2.38. The van der Waals surface area contributed by atoms with Crippen LogP contribution >= 0.6 is 35.0 Å². The molecule has 160 valence electrons. The molecular formula is C22H19Cl2N3O3S. The third-order valence-electron chi connectivity index (χ3n) is 4.76. The number of nitriles is 1. The van der Waals surface area contributed by atoms with Crippen molar-refractivity contribution in [3.63, 3.8) is 0 Å². The topological polar surface area (TPSA) is 91.2 Å². The van der Waals surface area contributed by atoms with Gasteiger partial charge >= 0.3 is 0 Å². The zero-order chi connectivity index (χ0) is 22.5. The predicted molar refractivity (Wildman–Crippen MR) is 123 cm³/mol. The number of methoxy groups -OCH3 is 1. The number of aryl methyl sites for hydroxylation is 1. The van der Waals surface area contributed by atoms with Crippen LogP contribution in [0.2, 0.25) is 10.0 Å². The van der Waals surface area contributed by atoms with Crippen molar-refractivity contribution in [2.24, 2.45) is 0 Å². The second-order valence-electron chi connectivity index (χ2n) is 6.85. The molecule has 0 saturated heterocycles. The van der Waals surface area contributed by atoms with Crippen LogP contribution in [-0.4, -0.2) is 24.7 Å². The number of carbonyl (C=O) groups excluding carboxylic acids is 2. The number of thioether (sulfide) groups is 1. The molecule has 2 aromatic carbocycles. The van der Waals surface area contributed by atoms with Gasteiger partial charge in [-0.2, -0.15) is 5.26 Å². The summed E-state index contributed by atoms with van der Waals surface area (Å²) in [6.07, 6.45) is 0.115. The van der Waals surface area contributed by atoms with E-state index in [1.54, 1.807) is 30.3 Å². The molecule has 2 N–H and O–H groups in total. The molecule has 6 nitrogen and oxygen atoms in total. The minimum Gasteiger partial charge on any atom is -0.495 e. The van der Waals surface area contributed by atoms with E-state index in [4.69, 9.17) is 27.9 Å². The molecule has 0 radical (unpaired) electrons. The molecule has 3 rings (SSSR count). The summed E-state index contributed by atoms with van der Waals surface area (Å²) in [5.74, 6) is -0.435. The molecule has 0 aromatic heterocycles. The molecule has 9 heteroatoms. The number of halogens is 2. The molecule has 2 amide bonds. The number of allylic oxidation sites excluding steroid dienone is 1. The SMILES string of the molecule is COc1ccc([C@@H]2CC(=O)NC(SCC(=O)Nc3cc(Cl)ccc3C)=C2C#N)cc1Cl. The summed E-state index contributed by atoms with van der Waals surface area (Å²) < 4.78 is 5.17. The largest absolute Gasteiger partial charge is 0.495 e. The third-order valence-corrected chi connectivity index (χ3v) is 6.30. The first-order valence-corrected chi connectivity index (χ1v) is 11.0. The minimum absolute atomic E-state index is 0.0167. The Hall–Kier alpha value is -2.66. The van der Waals surface area contributed by atoms with Gasteiger partial charge in [-0.15, -0.1) is 0 Å². The molecule has 0 unspecified atom stereocenters. The van der Waals surface area contributed by atoms with E-state index in [0.29, 0.717) is 32.1 Å². The predicted octanol–water partition coefficient (Wildman–Crippen LogP) is 5.02. The molecule has 2 aromatic rings. The van der Waals surface area contributed by atoms with E-state index in [-0.39, 0.29) is 24.0 Å². The Morgan fingerprint density at radius 3 is 2.77 bits per heavy atom. The lowest BCUT2D eigenvalue weighted by Crippen LogP contribution is -2.31. The molecule has 1 heterocycles. The lowest BCUT2D eigenvalue weighted by Gasteiger charge is -2.25. The van der Waals surface area contributed by atoms with Gasteiger partial charge < -0.3 is 15.4 Å². The second-order valence-corrected chi connectivity index (χ2v) is 8.68. The standard InChI is InChI=1S/C22H19Cl2N3O3S/c1-12-3-5-14(23)8-18(12)26-21(29)11-31-22-16(10-25)15(9-20(28)27-22)13-4-6-19(30-2)17(24)7-13/h3-8,15H,9,11H2,1-2H3,(H,26,29)(H,27,28)/t15-/m0/s1. The van der Waals surface area contributed by atoms with E-state index in [9.17, 15) is 14.9 Å². The normalized spacial score (nSPS) is 15.8. The molecule has 1 aliphatic rings. The smallest absolute Gasteiger partial charge is 0.234 e. The number of nitrogens with zero attached hydrogens (tertiary/aromatic N) is 1. The number of hydrogen-bond donors (Lipinski definition) is 2. The van der Waals surface area contributed by atoms with Gasteiger partial charge in [-0.25, -0.2) is 0 Å². The number of anilines is 1. The molecule has 0 fully saturated rings. The first-order chi connectivity index (χ1) is 14.8. The maximum absolute atomic E-state index is 12.4. The fraction of sp³-hybridized carbons (Fsp3) is 0.227. The van der Waals surface area contributed by atoms with Crippen molar-refractivity contribution in [3.05, 3.63) is 68.2 Å². The van der Waals surface area contributed by atoms with Crippen LogP contribution in [0.1, 0.15) is 23.5 Å². The fourth-order valence-corrected chi connectivity index (χ4v) is 4.49. The number of benzene rings is 2. The van der Waals surface area contributed by atoms with Gasteiger partial charge in [0.2, 0.25) is 11.8 Å². The van der Waals surface area contributed by atoms with E-state index < -0.39 is 5.92 Å². The Labute approximate surface area is 194 Å². The lowest BCUT2D eigenvalue weighted by molar-refractivity contribution is -0.121. The summed E-state index contributed by atoms with van der Waals surface area (Å²) in [7, 11) is 1.51. The van der Waals surface area contributed by atoms with Gasteiger partial charge in [0.05, 0.1) is 34.6 Å². The van der Waals surface area contributed by atoms with Crippen molar-refractivity contribution in [3.8, 4) is 11.8 Å². The first-order valence-electron chi connectivity index (χ1n) is 9.28. The maximum Gasteiger partial charge on any atom is 0.234 e. The van der Waals surface area contributed by atoms with Crippen LogP contribution in [0.25, 0.3) is 0 Å². The van der Waals surface area contributed by atoms with Gasteiger partial charge in [-0.3, -0.25) is 9.59 Å². The summed E-state index contributed by atoms with van der Waals surface area (Å²) in [5.41, 5.74) is 2.61. The summed E-state index contributed by atoms with van der Waals surface area (Å²) in [6, 6.07) is 12.6. The number of nitrogens with one attached hydrogen (secondary N) is 2. The van der Waals surface area contributed by atoms with Crippen LogP contribution in [-0.2, 0) is 9.59 Å². The molecule has 31 heavy (non-hydrogen) atoms. The number of amides is 2. The summed E-state index contributed by atoms with van der Waals surface area (Å²) in [5, 5.41) is 16.6. The van der Waals surface area contributed by atoms with E-state index in [0.717, 1.165) is 22.9 Å². The average Bonchev–Trinajstić information content (AvgIpc) is 2.74. The number of hydrogen-bond acceptors (Lipinski definition) is 5. The van der Waals surface area contributed by atoms with Crippen molar-refractivity contribution in [2.45, 2.75) is 19.3 Å². The lowest BCUT2D eigenvalue weighted by atomic mass is 9.87. The van der Waals surface area contributed by atoms with Crippen molar-refractivity contribution >= 4 is 52.5 Å². The van der Waals surface area contributed by atoms with E-state index >= 15 is 0 Å². The van der Waals surface area contributed by atoms with Gasteiger partial charge in [0, 0.05) is 23.0 Å². The van der Waals surface area contributed by atoms with Crippen LogP contribution in [0.3, 0.4) is 0 Å².